The molecule has 0 aromatic rings. The molecule has 2 fully saturated rings. The summed E-state index contributed by atoms with van der Waals surface area (Å²) in [5.41, 5.74) is 5.78. The first kappa shape index (κ1) is 14.8. The molecule has 0 radical (unpaired) electrons. The molecule has 0 aromatic carbocycles. The zero-order valence-electron chi connectivity index (χ0n) is 12.6. The van der Waals surface area contributed by atoms with Crippen LogP contribution in [0, 0.1) is 11.8 Å². The van der Waals surface area contributed by atoms with Crippen molar-refractivity contribution in [3.05, 3.63) is 0 Å². The molecule has 2 aliphatic rings. The Morgan fingerprint density at radius 1 is 1.11 bits per heavy atom. The second-order valence-corrected chi connectivity index (χ2v) is 7.05. The van der Waals surface area contributed by atoms with Crippen molar-refractivity contribution in [2.45, 2.75) is 83.2 Å². The van der Waals surface area contributed by atoms with E-state index in [1.54, 1.807) is 0 Å². The van der Waals surface area contributed by atoms with Gasteiger partial charge in [0.1, 0.15) is 0 Å². The SMILES string of the molecule is CC1CCCC(N)(C(=O)NC2CCCCCC2C)C1. The van der Waals surface area contributed by atoms with Crippen LogP contribution in [0.4, 0.5) is 0 Å². The lowest BCUT2D eigenvalue weighted by molar-refractivity contribution is -0.129. The maximum Gasteiger partial charge on any atom is 0.240 e. The van der Waals surface area contributed by atoms with Crippen molar-refractivity contribution in [3.63, 3.8) is 0 Å². The van der Waals surface area contributed by atoms with E-state index in [-0.39, 0.29) is 5.91 Å². The highest BCUT2D eigenvalue weighted by Gasteiger charge is 2.39. The molecule has 2 aliphatic carbocycles. The Kier molecular flexibility index (Phi) is 4.88. The van der Waals surface area contributed by atoms with Crippen LogP contribution in [0.25, 0.3) is 0 Å². The van der Waals surface area contributed by atoms with Gasteiger partial charge in [-0.1, -0.05) is 46.0 Å². The number of carbonyl (C=O) groups excluding carboxylic acids is 1. The molecule has 1 amide bonds. The molecular formula is C16H30N2O. The number of amides is 1. The van der Waals surface area contributed by atoms with E-state index >= 15 is 0 Å². The molecular weight excluding hydrogens is 236 g/mol. The quantitative estimate of drug-likeness (QED) is 0.755. The van der Waals surface area contributed by atoms with E-state index in [1.165, 1.54) is 32.1 Å². The lowest BCUT2D eigenvalue weighted by Gasteiger charge is -2.37. The summed E-state index contributed by atoms with van der Waals surface area (Å²) >= 11 is 0. The van der Waals surface area contributed by atoms with Crippen LogP contribution < -0.4 is 11.1 Å². The molecule has 3 heteroatoms. The molecule has 3 nitrogen and oxygen atoms in total. The van der Waals surface area contributed by atoms with Crippen LogP contribution in [0.15, 0.2) is 0 Å². The van der Waals surface area contributed by atoms with Crippen LogP contribution in [0.2, 0.25) is 0 Å². The third-order valence-corrected chi connectivity index (χ3v) is 5.16. The summed E-state index contributed by atoms with van der Waals surface area (Å²) < 4.78 is 0. The highest BCUT2D eigenvalue weighted by molar-refractivity contribution is 5.86. The molecule has 110 valence electrons. The molecule has 0 bridgehead atoms. The number of hydrogen-bond acceptors (Lipinski definition) is 2. The Bertz CT molecular complexity index is 318. The first-order valence-electron chi connectivity index (χ1n) is 8.11. The van der Waals surface area contributed by atoms with Gasteiger partial charge in [-0.2, -0.15) is 0 Å². The van der Waals surface area contributed by atoms with Gasteiger partial charge in [-0.25, -0.2) is 0 Å². The van der Waals surface area contributed by atoms with Gasteiger partial charge >= 0.3 is 0 Å². The molecule has 0 aliphatic heterocycles. The fraction of sp³-hybridized carbons (Fsp3) is 0.938. The van der Waals surface area contributed by atoms with E-state index in [9.17, 15) is 4.79 Å². The lowest BCUT2D eigenvalue weighted by atomic mass is 9.76. The van der Waals surface area contributed by atoms with E-state index in [4.69, 9.17) is 5.73 Å². The van der Waals surface area contributed by atoms with E-state index in [1.807, 2.05) is 0 Å². The molecule has 2 saturated carbocycles. The summed E-state index contributed by atoms with van der Waals surface area (Å²) in [5.74, 6) is 1.28. The predicted octanol–water partition coefficient (Wildman–Crippen LogP) is 2.98. The second-order valence-electron chi connectivity index (χ2n) is 7.05. The molecule has 0 saturated heterocycles. The summed E-state index contributed by atoms with van der Waals surface area (Å²) in [7, 11) is 0. The number of hydrogen-bond donors (Lipinski definition) is 2. The minimum Gasteiger partial charge on any atom is -0.352 e. The Hall–Kier alpha value is -0.570. The van der Waals surface area contributed by atoms with Gasteiger partial charge < -0.3 is 11.1 Å². The topological polar surface area (TPSA) is 55.1 Å². The van der Waals surface area contributed by atoms with Gasteiger partial charge in [0.25, 0.3) is 0 Å². The normalized spacial score (nSPS) is 40.5. The van der Waals surface area contributed by atoms with E-state index in [2.05, 4.69) is 19.2 Å². The monoisotopic (exact) mass is 266 g/mol. The van der Waals surface area contributed by atoms with E-state index in [0.29, 0.717) is 17.9 Å². The third kappa shape index (κ3) is 3.71. The van der Waals surface area contributed by atoms with Crippen molar-refractivity contribution in [3.8, 4) is 0 Å². The van der Waals surface area contributed by atoms with Gasteiger partial charge in [-0.05, 0) is 37.5 Å². The molecule has 4 unspecified atom stereocenters. The van der Waals surface area contributed by atoms with Gasteiger partial charge in [0.15, 0.2) is 0 Å². The maximum absolute atomic E-state index is 12.6. The Balaban J connectivity index is 1.95. The van der Waals surface area contributed by atoms with E-state index in [0.717, 1.165) is 25.7 Å². The van der Waals surface area contributed by atoms with Crippen molar-refractivity contribution in [1.29, 1.82) is 0 Å². The molecule has 3 N–H and O–H groups in total. The molecule has 19 heavy (non-hydrogen) atoms. The van der Waals surface area contributed by atoms with Crippen LogP contribution in [-0.2, 0) is 4.79 Å². The average molecular weight is 266 g/mol. The van der Waals surface area contributed by atoms with Crippen LogP contribution in [0.1, 0.15) is 71.6 Å². The van der Waals surface area contributed by atoms with Gasteiger partial charge in [0, 0.05) is 6.04 Å². The molecule has 0 heterocycles. The number of nitrogens with one attached hydrogen (secondary N) is 1. The minimum absolute atomic E-state index is 0.109. The van der Waals surface area contributed by atoms with Crippen LogP contribution >= 0.6 is 0 Å². The summed E-state index contributed by atoms with van der Waals surface area (Å²) in [6.07, 6.45) is 10.2. The molecule has 0 spiro atoms. The van der Waals surface area contributed by atoms with Gasteiger partial charge in [-0.3, -0.25) is 4.79 Å². The first-order valence-corrected chi connectivity index (χ1v) is 8.11. The Morgan fingerprint density at radius 3 is 2.58 bits per heavy atom. The van der Waals surface area contributed by atoms with E-state index < -0.39 is 5.54 Å². The minimum atomic E-state index is -0.607. The largest absolute Gasteiger partial charge is 0.352 e. The fourth-order valence-corrected chi connectivity index (χ4v) is 3.82. The van der Waals surface area contributed by atoms with Crippen LogP contribution in [0.3, 0.4) is 0 Å². The third-order valence-electron chi connectivity index (χ3n) is 5.16. The maximum atomic E-state index is 12.6. The summed E-state index contributed by atoms with van der Waals surface area (Å²) in [5, 5.41) is 3.28. The highest BCUT2D eigenvalue weighted by atomic mass is 16.2. The second kappa shape index (κ2) is 6.25. The lowest BCUT2D eigenvalue weighted by Crippen LogP contribution is -2.58. The van der Waals surface area contributed by atoms with Crippen LogP contribution in [-0.4, -0.2) is 17.5 Å². The number of rotatable bonds is 2. The Morgan fingerprint density at radius 2 is 1.84 bits per heavy atom. The summed E-state index contributed by atoms with van der Waals surface area (Å²) in [6, 6.07) is 0.340. The predicted molar refractivity (Wildman–Crippen MR) is 78.7 cm³/mol. The van der Waals surface area contributed by atoms with Crippen molar-refractivity contribution < 1.29 is 4.79 Å². The zero-order chi connectivity index (χ0) is 13.9. The van der Waals surface area contributed by atoms with Crippen LogP contribution in [0.5, 0.6) is 0 Å². The van der Waals surface area contributed by atoms with Crippen molar-refractivity contribution in [2.75, 3.05) is 0 Å². The summed E-state index contributed by atoms with van der Waals surface area (Å²) in [6.45, 7) is 4.48. The van der Waals surface area contributed by atoms with Crippen molar-refractivity contribution >= 4 is 5.91 Å². The molecule has 4 atom stereocenters. The molecule has 0 aromatic heterocycles. The average Bonchev–Trinajstić information content (AvgIpc) is 2.54. The highest BCUT2D eigenvalue weighted by Crippen LogP contribution is 2.31. The van der Waals surface area contributed by atoms with Crippen molar-refractivity contribution in [1.82, 2.24) is 5.32 Å². The molecule has 2 rings (SSSR count). The first-order chi connectivity index (χ1) is 9.01. The number of nitrogens with two attached hydrogens (primary N) is 1. The van der Waals surface area contributed by atoms with Gasteiger partial charge in [0.05, 0.1) is 5.54 Å². The zero-order valence-corrected chi connectivity index (χ0v) is 12.6. The van der Waals surface area contributed by atoms with Gasteiger partial charge in [-0.15, -0.1) is 0 Å². The fourth-order valence-electron chi connectivity index (χ4n) is 3.82. The van der Waals surface area contributed by atoms with Crippen molar-refractivity contribution in [2.24, 2.45) is 17.6 Å². The summed E-state index contributed by atoms with van der Waals surface area (Å²) in [4.78, 5) is 12.6. The smallest absolute Gasteiger partial charge is 0.240 e. The standard InChI is InChI=1S/C16H30N2O/c1-12-7-6-10-16(17,11-12)15(19)18-14-9-5-3-4-8-13(14)2/h12-14H,3-11,17H2,1-2H3,(H,18,19). The van der Waals surface area contributed by atoms with Gasteiger partial charge in [0.2, 0.25) is 5.91 Å². The number of carbonyl (C=O) groups is 1. The Labute approximate surface area is 117 Å².